The van der Waals surface area contributed by atoms with Crippen molar-refractivity contribution in [1.82, 2.24) is 10.6 Å². The van der Waals surface area contributed by atoms with Crippen LogP contribution < -0.4 is 10.6 Å². The first kappa shape index (κ1) is 11.3. The summed E-state index contributed by atoms with van der Waals surface area (Å²) in [4.78, 5) is 22.1. The molecule has 0 saturated heterocycles. The molecule has 2 amide bonds. The van der Waals surface area contributed by atoms with Crippen LogP contribution in [0, 0.1) is 0 Å². The van der Waals surface area contributed by atoms with Gasteiger partial charge in [0.2, 0.25) is 11.8 Å². The Morgan fingerprint density at radius 2 is 2.27 bits per heavy atom. The third-order valence-corrected chi connectivity index (χ3v) is 1.83. The molecule has 1 atom stereocenters. The van der Waals surface area contributed by atoms with Gasteiger partial charge in [0.15, 0.2) is 0 Å². The summed E-state index contributed by atoms with van der Waals surface area (Å²) in [5.41, 5.74) is 0. The molecule has 0 saturated carbocycles. The van der Waals surface area contributed by atoms with E-state index in [4.69, 9.17) is 4.42 Å². The summed E-state index contributed by atoms with van der Waals surface area (Å²) in [6.45, 7) is 3.32. The molecule has 5 nitrogen and oxygen atoms in total. The summed E-state index contributed by atoms with van der Waals surface area (Å²) in [5.74, 6) is 0.218. The maximum Gasteiger partial charge on any atom is 0.242 e. The van der Waals surface area contributed by atoms with E-state index in [1.165, 1.54) is 6.92 Å². The van der Waals surface area contributed by atoms with Gasteiger partial charge >= 0.3 is 0 Å². The zero-order chi connectivity index (χ0) is 11.3. The molecular formula is C10H14N2O3. The molecule has 1 aromatic heterocycles. The van der Waals surface area contributed by atoms with E-state index in [-0.39, 0.29) is 11.8 Å². The molecule has 82 valence electrons. The van der Waals surface area contributed by atoms with Crippen LogP contribution in [0.5, 0.6) is 0 Å². The topological polar surface area (TPSA) is 71.3 Å². The Hall–Kier alpha value is -1.78. The Morgan fingerprint density at radius 3 is 2.80 bits per heavy atom. The van der Waals surface area contributed by atoms with Crippen LogP contribution in [0.2, 0.25) is 0 Å². The normalized spacial score (nSPS) is 11.9. The van der Waals surface area contributed by atoms with E-state index in [0.717, 1.165) is 0 Å². The van der Waals surface area contributed by atoms with Crippen LogP contribution in [-0.2, 0) is 16.1 Å². The summed E-state index contributed by atoms with van der Waals surface area (Å²) >= 11 is 0. The van der Waals surface area contributed by atoms with Crippen molar-refractivity contribution < 1.29 is 14.0 Å². The monoisotopic (exact) mass is 210 g/mol. The summed E-state index contributed by atoms with van der Waals surface area (Å²) in [6, 6.07) is 2.99. The Bertz CT molecular complexity index is 332. The minimum absolute atomic E-state index is 0.226. The molecular weight excluding hydrogens is 196 g/mol. The molecule has 1 aromatic rings. The minimum atomic E-state index is -0.530. The molecule has 0 unspecified atom stereocenters. The lowest BCUT2D eigenvalue weighted by molar-refractivity contribution is -0.127. The quantitative estimate of drug-likeness (QED) is 0.756. The second-order valence-electron chi connectivity index (χ2n) is 3.22. The van der Waals surface area contributed by atoms with Crippen LogP contribution in [0.15, 0.2) is 22.8 Å². The van der Waals surface area contributed by atoms with E-state index >= 15 is 0 Å². The zero-order valence-electron chi connectivity index (χ0n) is 8.74. The number of hydrogen-bond acceptors (Lipinski definition) is 3. The van der Waals surface area contributed by atoms with Gasteiger partial charge in [-0.05, 0) is 19.1 Å². The predicted octanol–water partition coefficient (Wildman–Crippen LogP) is 0.420. The highest BCUT2D eigenvalue weighted by atomic mass is 16.3. The highest BCUT2D eigenvalue weighted by Gasteiger charge is 2.12. The van der Waals surface area contributed by atoms with Gasteiger partial charge in [0.1, 0.15) is 11.8 Å². The minimum Gasteiger partial charge on any atom is -0.467 e. The maximum absolute atomic E-state index is 11.4. The summed E-state index contributed by atoms with van der Waals surface area (Å²) in [7, 11) is 0. The number of nitrogens with one attached hydrogen (secondary N) is 2. The SMILES string of the molecule is CC(=O)N[C@@H](C)C(=O)NCc1ccco1. The van der Waals surface area contributed by atoms with Crippen molar-refractivity contribution in [2.24, 2.45) is 0 Å². The molecule has 0 fully saturated rings. The van der Waals surface area contributed by atoms with Crippen LogP contribution in [0.1, 0.15) is 19.6 Å². The largest absolute Gasteiger partial charge is 0.467 e. The molecule has 0 aromatic carbocycles. The van der Waals surface area contributed by atoms with Gasteiger partial charge in [0.25, 0.3) is 0 Å². The van der Waals surface area contributed by atoms with Crippen LogP contribution in [0.3, 0.4) is 0 Å². The van der Waals surface area contributed by atoms with Gasteiger partial charge in [-0.2, -0.15) is 0 Å². The van der Waals surface area contributed by atoms with Crippen LogP contribution in [0.25, 0.3) is 0 Å². The molecule has 0 spiro atoms. The molecule has 0 radical (unpaired) electrons. The fourth-order valence-electron chi connectivity index (χ4n) is 1.11. The van der Waals surface area contributed by atoms with Gasteiger partial charge in [-0.3, -0.25) is 9.59 Å². The first-order chi connectivity index (χ1) is 7.09. The van der Waals surface area contributed by atoms with Crippen molar-refractivity contribution in [1.29, 1.82) is 0 Å². The van der Waals surface area contributed by atoms with E-state index in [9.17, 15) is 9.59 Å². The van der Waals surface area contributed by atoms with Gasteiger partial charge in [0.05, 0.1) is 12.8 Å². The average molecular weight is 210 g/mol. The fraction of sp³-hybridized carbons (Fsp3) is 0.400. The number of carbonyl (C=O) groups excluding carboxylic acids is 2. The highest BCUT2D eigenvalue weighted by molar-refractivity contribution is 5.86. The predicted molar refractivity (Wildman–Crippen MR) is 53.8 cm³/mol. The van der Waals surface area contributed by atoms with Gasteiger partial charge in [-0.1, -0.05) is 0 Å². The lowest BCUT2D eigenvalue weighted by atomic mass is 10.3. The molecule has 2 N–H and O–H groups in total. The zero-order valence-corrected chi connectivity index (χ0v) is 8.74. The number of carbonyl (C=O) groups is 2. The van der Waals surface area contributed by atoms with Gasteiger partial charge in [0, 0.05) is 6.92 Å². The lowest BCUT2D eigenvalue weighted by Crippen LogP contribution is -2.43. The Balaban J connectivity index is 2.32. The van der Waals surface area contributed by atoms with Crippen LogP contribution in [0.4, 0.5) is 0 Å². The maximum atomic E-state index is 11.4. The van der Waals surface area contributed by atoms with Gasteiger partial charge in [-0.25, -0.2) is 0 Å². The van der Waals surface area contributed by atoms with E-state index < -0.39 is 6.04 Å². The van der Waals surface area contributed by atoms with Crippen molar-refractivity contribution in [2.45, 2.75) is 26.4 Å². The molecule has 0 bridgehead atoms. The van der Waals surface area contributed by atoms with E-state index in [1.807, 2.05) is 0 Å². The molecule has 0 aliphatic carbocycles. The lowest BCUT2D eigenvalue weighted by Gasteiger charge is -2.11. The molecule has 1 heterocycles. The van der Waals surface area contributed by atoms with E-state index in [2.05, 4.69) is 10.6 Å². The van der Waals surface area contributed by atoms with Crippen molar-refractivity contribution in [3.63, 3.8) is 0 Å². The second kappa shape index (κ2) is 5.19. The van der Waals surface area contributed by atoms with Crippen molar-refractivity contribution in [2.75, 3.05) is 0 Å². The first-order valence-corrected chi connectivity index (χ1v) is 4.67. The highest BCUT2D eigenvalue weighted by Crippen LogP contribution is 1.98. The average Bonchev–Trinajstić information content (AvgIpc) is 2.65. The Labute approximate surface area is 87.8 Å². The number of hydrogen-bond donors (Lipinski definition) is 2. The number of rotatable bonds is 4. The standard InChI is InChI=1S/C10H14N2O3/c1-7(12-8(2)13)10(14)11-6-9-4-3-5-15-9/h3-5,7H,6H2,1-2H3,(H,11,14)(H,12,13)/t7-/m0/s1. The van der Waals surface area contributed by atoms with Crippen molar-refractivity contribution >= 4 is 11.8 Å². The Kier molecular flexibility index (Phi) is 3.91. The fourth-order valence-corrected chi connectivity index (χ4v) is 1.11. The van der Waals surface area contributed by atoms with Crippen molar-refractivity contribution in [3.05, 3.63) is 24.2 Å². The third kappa shape index (κ3) is 3.84. The summed E-state index contributed by atoms with van der Waals surface area (Å²) < 4.78 is 5.04. The number of amides is 2. The van der Waals surface area contributed by atoms with E-state index in [1.54, 1.807) is 25.3 Å². The Morgan fingerprint density at radius 1 is 1.53 bits per heavy atom. The molecule has 0 aliphatic heterocycles. The smallest absolute Gasteiger partial charge is 0.242 e. The van der Waals surface area contributed by atoms with Crippen LogP contribution in [-0.4, -0.2) is 17.9 Å². The van der Waals surface area contributed by atoms with Crippen LogP contribution >= 0.6 is 0 Å². The molecule has 5 heteroatoms. The molecule has 15 heavy (non-hydrogen) atoms. The van der Waals surface area contributed by atoms with Gasteiger partial charge in [-0.15, -0.1) is 0 Å². The second-order valence-corrected chi connectivity index (χ2v) is 3.22. The van der Waals surface area contributed by atoms with E-state index in [0.29, 0.717) is 12.3 Å². The third-order valence-electron chi connectivity index (χ3n) is 1.83. The molecule has 0 aliphatic rings. The van der Waals surface area contributed by atoms with Crippen molar-refractivity contribution in [3.8, 4) is 0 Å². The first-order valence-electron chi connectivity index (χ1n) is 4.67. The summed E-state index contributed by atoms with van der Waals surface area (Å²) in [6.07, 6.45) is 1.54. The number of furan rings is 1. The molecule has 1 rings (SSSR count). The van der Waals surface area contributed by atoms with Gasteiger partial charge < -0.3 is 15.1 Å². The summed E-state index contributed by atoms with van der Waals surface area (Å²) in [5, 5.41) is 5.13.